The molecule has 0 radical (unpaired) electrons. The van der Waals surface area contributed by atoms with Crippen LogP contribution in [0.2, 0.25) is 0 Å². The number of hydrogen-bond donors (Lipinski definition) is 1. The topological polar surface area (TPSA) is 40.1 Å². The normalized spacial score (nSPS) is 20.5. The van der Waals surface area contributed by atoms with Crippen molar-refractivity contribution in [1.82, 2.24) is 15.1 Å². The van der Waals surface area contributed by atoms with Gasteiger partial charge in [-0.3, -0.25) is 9.89 Å². The molecule has 1 fully saturated rings. The standard InChI is InChI=1S/C22H34N4O/c1-18(2)21(25-13-15-27-16-14-25)17-24-22(23-3)26-11-9-20(10-12-26)19-7-5-4-6-8-19/h4-9,18,21H,10-17H2,1-3H3,(H,23,24). The van der Waals surface area contributed by atoms with Gasteiger partial charge in [-0.15, -0.1) is 0 Å². The van der Waals surface area contributed by atoms with E-state index >= 15 is 0 Å². The Balaban J connectivity index is 1.56. The summed E-state index contributed by atoms with van der Waals surface area (Å²) in [6.07, 6.45) is 3.40. The Bertz CT molecular complexity index is 635. The SMILES string of the molecule is CN=C(NCC(C(C)C)N1CCOCC1)N1CC=C(c2ccccc2)CC1. The molecule has 0 bridgehead atoms. The number of aliphatic imine (C=N–C) groups is 1. The van der Waals surface area contributed by atoms with Crippen LogP contribution in [0.5, 0.6) is 0 Å². The molecule has 148 valence electrons. The largest absolute Gasteiger partial charge is 0.379 e. The average Bonchev–Trinajstić information content (AvgIpc) is 2.72. The lowest BCUT2D eigenvalue weighted by molar-refractivity contribution is 0.00741. The smallest absolute Gasteiger partial charge is 0.193 e. The quantitative estimate of drug-likeness (QED) is 0.639. The average molecular weight is 371 g/mol. The summed E-state index contributed by atoms with van der Waals surface area (Å²) in [6.45, 7) is 11.2. The minimum absolute atomic E-state index is 0.505. The Kier molecular flexibility index (Phi) is 7.30. The van der Waals surface area contributed by atoms with Crippen molar-refractivity contribution in [1.29, 1.82) is 0 Å². The van der Waals surface area contributed by atoms with E-state index in [1.165, 1.54) is 11.1 Å². The fourth-order valence-electron chi connectivity index (χ4n) is 4.00. The molecule has 1 atom stereocenters. The van der Waals surface area contributed by atoms with E-state index in [1.54, 1.807) is 0 Å². The third kappa shape index (κ3) is 5.33. The van der Waals surface area contributed by atoms with Crippen molar-refractivity contribution in [2.24, 2.45) is 10.9 Å². The summed E-state index contributed by atoms with van der Waals surface area (Å²) in [5.74, 6) is 1.61. The predicted octanol–water partition coefficient (Wildman–Crippen LogP) is 2.71. The number of benzene rings is 1. The van der Waals surface area contributed by atoms with Crippen molar-refractivity contribution in [3.8, 4) is 0 Å². The Morgan fingerprint density at radius 1 is 1.15 bits per heavy atom. The Labute approximate surface area is 164 Å². The van der Waals surface area contributed by atoms with Gasteiger partial charge in [0.25, 0.3) is 0 Å². The van der Waals surface area contributed by atoms with Crippen molar-refractivity contribution < 1.29 is 4.74 Å². The summed E-state index contributed by atoms with van der Waals surface area (Å²) < 4.78 is 5.52. The summed E-state index contributed by atoms with van der Waals surface area (Å²) >= 11 is 0. The van der Waals surface area contributed by atoms with E-state index in [1.807, 2.05) is 7.05 Å². The number of rotatable bonds is 5. The number of hydrogen-bond acceptors (Lipinski definition) is 3. The molecule has 2 aliphatic heterocycles. The highest BCUT2D eigenvalue weighted by atomic mass is 16.5. The van der Waals surface area contributed by atoms with Gasteiger partial charge in [0, 0.05) is 45.8 Å². The van der Waals surface area contributed by atoms with Crippen molar-refractivity contribution in [2.75, 3.05) is 53.0 Å². The van der Waals surface area contributed by atoms with Crippen molar-refractivity contribution in [2.45, 2.75) is 26.3 Å². The van der Waals surface area contributed by atoms with Gasteiger partial charge >= 0.3 is 0 Å². The molecule has 1 saturated heterocycles. The molecular formula is C22H34N4O. The second-order valence-electron chi connectivity index (χ2n) is 7.68. The molecule has 1 unspecified atom stereocenters. The van der Waals surface area contributed by atoms with Gasteiger partial charge in [0.15, 0.2) is 5.96 Å². The molecule has 0 spiro atoms. The molecule has 2 heterocycles. The van der Waals surface area contributed by atoms with Crippen molar-refractivity contribution in [3.05, 3.63) is 42.0 Å². The van der Waals surface area contributed by atoms with Gasteiger partial charge in [0.05, 0.1) is 13.2 Å². The first-order chi connectivity index (χ1) is 13.2. The minimum atomic E-state index is 0.505. The molecule has 0 aliphatic carbocycles. The minimum Gasteiger partial charge on any atom is -0.379 e. The van der Waals surface area contributed by atoms with Crippen molar-refractivity contribution >= 4 is 11.5 Å². The zero-order valence-electron chi connectivity index (χ0n) is 17.0. The van der Waals surface area contributed by atoms with E-state index in [9.17, 15) is 0 Å². The van der Waals surface area contributed by atoms with Crippen LogP contribution in [0.15, 0.2) is 41.4 Å². The first-order valence-electron chi connectivity index (χ1n) is 10.2. The van der Waals surface area contributed by atoms with Gasteiger partial charge in [-0.05, 0) is 23.5 Å². The fourth-order valence-corrected chi connectivity index (χ4v) is 4.00. The highest BCUT2D eigenvalue weighted by Gasteiger charge is 2.25. The second-order valence-corrected chi connectivity index (χ2v) is 7.68. The van der Waals surface area contributed by atoms with E-state index in [2.05, 4.69) is 70.4 Å². The van der Waals surface area contributed by atoms with E-state index in [4.69, 9.17) is 4.74 Å². The van der Waals surface area contributed by atoms with Crippen LogP contribution in [-0.2, 0) is 4.74 Å². The van der Waals surface area contributed by atoms with Crippen LogP contribution in [-0.4, -0.2) is 74.8 Å². The van der Waals surface area contributed by atoms with Crippen LogP contribution in [0.1, 0.15) is 25.8 Å². The van der Waals surface area contributed by atoms with E-state index in [-0.39, 0.29) is 0 Å². The van der Waals surface area contributed by atoms with Crippen LogP contribution in [0.25, 0.3) is 5.57 Å². The molecule has 1 aromatic carbocycles. The van der Waals surface area contributed by atoms with Crippen LogP contribution < -0.4 is 5.32 Å². The molecular weight excluding hydrogens is 336 g/mol. The summed E-state index contributed by atoms with van der Waals surface area (Å²) in [5.41, 5.74) is 2.78. The third-order valence-electron chi connectivity index (χ3n) is 5.62. The lowest BCUT2D eigenvalue weighted by Gasteiger charge is -2.38. The van der Waals surface area contributed by atoms with E-state index in [0.29, 0.717) is 12.0 Å². The number of ether oxygens (including phenoxy) is 1. The maximum Gasteiger partial charge on any atom is 0.193 e. The number of nitrogens with one attached hydrogen (secondary N) is 1. The Morgan fingerprint density at radius 3 is 2.48 bits per heavy atom. The van der Waals surface area contributed by atoms with Crippen LogP contribution in [0.3, 0.4) is 0 Å². The molecule has 0 saturated carbocycles. The number of nitrogens with zero attached hydrogens (tertiary/aromatic N) is 3. The Hall–Kier alpha value is -1.85. The molecule has 0 amide bonds. The maximum absolute atomic E-state index is 5.52. The van der Waals surface area contributed by atoms with Crippen molar-refractivity contribution in [3.63, 3.8) is 0 Å². The van der Waals surface area contributed by atoms with Gasteiger partial charge in [-0.2, -0.15) is 0 Å². The molecule has 1 N–H and O–H groups in total. The molecule has 27 heavy (non-hydrogen) atoms. The fraction of sp³-hybridized carbons (Fsp3) is 0.591. The lowest BCUT2D eigenvalue weighted by atomic mass is 10.00. The predicted molar refractivity (Wildman–Crippen MR) is 113 cm³/mol. The van der Waals surface area contributed by atoms with Crippen LogP contribution in [0, 0.1) is 5.92 Å². The summed E-state index contributed by atoms with van der Waals surface area (Å²) in [4.78, 5) is 9.45. The van der Waals surface area contributed by atoms with Gasteiger partial charge in [0.2, 0.25) is 0 Å². The zero-order valence-corrected chi connectivity index (χ0v) is 17.0. The number of guanidine groups is 1. The highest BCUT2D eigenvalue weighted by molar-refractivity contribution is 5.81. The molecule has 5 nitrogen and oxygen atoms in total. The van der Waals surface area contributed by atoms with Gasteiger partial charge in [0.1, 0.15) is 0 Å². The first-order valence-corrected chi connectivity index (χ1v) is 10.2. The summed E-state index contributed by atoms with van der Waals surface area (Å²) in [5, 5.41) is 3.64. The highest BCUT2D eigenvalue weighted by Crippen LogP contribution is 2.22. The molecule has 1 aromatic rings. The van der Waals surface area contributed by atoms with Crippen LogP contribution in [0.4, 0.5) is 0 Å². The molecule has 2 aliphatic rings. The zero-order chi connectivity index (χ0) is 19.1. The summed E-state index contributed by atoms with van der Waals surface area (Å²) in [7, 11) is 1.89. The van der Waals surface area contributed by atoms with Crippen LogP contribution >= 0.6 is 0 Å². The Morgan fingerprint density at radius 2 is 1.89 bits per heavy atom. The van der Waals surface area contributed by atoms with Gasteiger partial charge in [-0.1, -0.05) is 50.3 Å². The first kappa shape index (κ1) is 19.9. The van der Waals surface area contributed by atoms with Gasteiger partial charge in [-0.25, -0.2) is 0 Å². The molecule has 5 heteroatoms. The van der Waals surface area contributed by atoms with Gasteiger partial charge < -0.3 is 15.0 Å². The summed E-state index contributed by atoms with van der Waals surface area (Å²) in [6, 6.07) is 11.2. The molecule has 3 rings (SSSR count). The molecule has 0 aromatic heterocycles. The maximum atomic E-state index is 5.52. The third-order valence-corrected chi connectivity index (χ3v) is 5.62. The monoisotopic (exact) mass is 370 g/mol. The number of morpholine rings is 1. The van der Waals surface area contributed by atoms with E-state index < -0.39 is 0 Å². The second kappa shape index (κ2) is 9.90. The lowest BCUT2D eigenvalue weighted by Crippen LogP contribution is -2.53. The van der Waals surface area contributed by atoms with E-state index in [0.717, 1.165) is 58.3 Å².